The van der Waals surface area contributed by atoms with E-state index in [1.165, 1.54) is 6.92 Å². The minimum Gasteiger partial charge on any atom is -0.427 e. The Balaban J connectivity index is 2.57. The van der Waals surface area contributed by atoms with Crippen LogP contribution in [0.4, 0.5) is 5.82 Å². The predicted octanol–water partition coefficient (Wildman–Crippen LogP) is 1.67. The van der Waals surface area contributed by atoms with Gasteiger partial charge in [-0.3, -0.25) is 4.79 Å². The molecule has 2 rings (SSSR count). The van der Waals surface area contributed by atoms with Gasteiger partial charge in [-0.1, -0.05) is 0 Å². The van der Waals surface area contributed by atoms with E-state index in [1.807, 2.05) is 4.57 Å². The number of methoxy groups -OCH3 is 1. The summed E-state index contributed by atoms with van der Waals surface area (Å²) in [6, 6.07) is 7.19. The number of hydrogen-bond acceptors (Lipinski definition) is 5. The first-order valence-corrected chi connectivity index (χ1v) is 6.07. The lowest BCUT2D eigenvalue weighted by atomic mass is 10.2. The number of ether oxygens (including phenoxy) is 2. The number of esters is 1. The van der Waals surface area contributed by atoms with Gasteiger partial charge in [-0.15, -0.1) is 0 Å². The molecule has 0 spiro atoms. The van der Waals surface area contributed by atoms with Crippen LogP contribution in [0.2, 0.25) is 0 Å². The van der Waals surface area contributed by atoms with E-state index < -0.39 is 5.97 Å². The van der Waals surface area contributed by atoms with E-state index in [-0.39, 0.29) is 0 Å². The first-order valence-electron chi connectivity index (χ1n) is 6.07. The normalized spacial score (nSPS) is 10.4. The van der Waals surface area contributed by atoms with Crippen molar-refractivity contribution in [2.75, 3.05) is 19.5 Å². The Labute approximate surface area is 116 Å². The van der Waals surface area contributed by atoms with Crippen LogP contribution in [0.1, 0.15) is 12.5 Å². The fraction of sp³-hybridized carbons (Fsp3) is 0.286. The standard InChI is InChI=1S/C14H15N3O3/c1-9(18)20-10-3-4-13-11(7-10)12(8-15)14(16)17(13)5-6-19-2/h3-4,7H,5-6,16H2,1-2H3. The molecule has 0 amide bonds. The predicted molar refractivity (Wildman–Crippen MR) is 74.3 cm³/mol. The molecule has 0 aliphatic rings. The van der Waals surface area contributed by atoms with E-state index in [1.54, 1.807) is 25.3 Å². The van der Waals surface area contributed by atoms with Crippen molar-refractivity contribution in [3.05, 3.63) is 23.8 Å². The number of carbonyl (C=O) groups excluding carboxylic acids is 1. The van der Waals surface area contributed by atoms with Crippen LogP contribution in [-0.2, 0) is 16.1 Å². The van der Waals surface area contributed by atoms with Crippen molar-refractivity contribution in [3.8, 4) is 11.8 Å². The van der Waals surface area contributed by atoms with Gasteiger partial charge in [0.05, 0.1) is 12.1 Å². The Kier molecular flexibility index (Phi) is 3.91. The summed E-state index contributed by atoms with van der Waals surface area (Å²) in [7, 11) is 1.60. The topological polar surface area (TPSA) is 90.3 Å². The highest BCUT2D eigenvalue weighted by Crippen LogP contribution is 2.30. The first kappa shape index (κ1) is 13.9. The van der Waals surface area contributed by atoms with Crippen LogP contribution < -0.4 is 10.5 Å². The molecule has 0 aliphatic heterocycles. The number of anilines is 1. The monoisotopic (exact) mass is 273 g/mol. The average Bonchev–Trinajstić information content (AvgIpc) is 2.66. The molecule has 0 unspecified atom stereocenters. The van der Waals surface area contributed by atoms with E-state index >= 15 is 0 Å². The number of aromatic nitrogens is 1. The molecular weight excluding hydrogens is 258 g/mol. The van der Waals surface area contributed by atoms with Crippen LogP contribution in [0.3, 0.4) is 0 Å². The molecule has 0 fully saturated rings. The van der Waals surface area contributed by atoms with Crippen molar-refractivity contribution in [2.45, 2.75) is 13.5 Å². The Morgan fingerprint density at radius 1 is 1.50 bits per heavy atom. The van der Waals surface area contributed by atoms with Gasteiger partial charge >= 0.3 is 5.97 Å². The van der Waals surface area contributed by atoms with E-state index in [9.17, 15) is 10.1 Å². The van der Waals surface area contributed by atoms with Crippen molar-refractivity contribution < 1.29 is 14.3 Å². The largest absolute Gasteiger partial charge is 0.427 e. The van der Waals surface area contributed by atoms with E-state index in [2.05, 4.69) is 6.07 Å². The van der Waals surface area contributed by atoms with Gasteiger partial charge in [-0.05, 0) is 18.2 Å². The molecule has 0 radical (unpaired) electrons. The third kappa shape index (κ3) is 2.44. The Morgan fingerprint density at radius 2 is 2.25 bits per heavy atom. The first-order chi connectivity index (χ1) is 9.58. The summed E-state index contributed by atoms with van der Waals surface area (Å²) in [5.41, 5.74) is 7.19. The highest BCUT2D eigenvalue weighted by atomic mass is 16.5. The van der Waals surface area contributed by atoms with Crippen LogP contribution in [0, 0.1) is 11.3 Å². The molecular formula is C14H15N3O3. The van der Waals surface area contributed by atoms with Gasteiger partial charge in [0, 0.05) is 26.0 Å². The van der Waals surface area contributed by atoms with Gasteiger partial charge in [0.1, 0.15) is 23.2 Å². The van der Waals surface area contributed by atoms with E-state index in [0.29, 0.717) is 35.7 Å². The van der Waals surface area contributed by atoms with Gasteiger partial charge in [0.2, 0.25) is 0 Å². The van der Waals surface area contributed by atoms with Gasteiger partial charge in [-0.2, -0.15) is 5.26 Å². The highest BCUT2D eigenvalue weighted by molar-refractivity contribution is 5.93. The number of fused-ring (bicyclic) bond motifs is 1. The Bertz CT molecular complexity index is 698. The lowest BCUT2D eigenvalue weighted by Gasteiger charge is -2.07. The van der Waals surface area contributed by atoms with Crippen LogP contribution in [0.15, 0.2) is 18.2 Å². The summed E-state index contributed by atoms with van der Waals surface area (Å²) in [4.78, 5) is 11.0. The molecule has 6 nitrogen and oxygen atoms in total. The van der Waals surface area contributed by atoms with Crippen LogP contribution >= 0.6 is 0 Å². The fourth-order valence-electron chi connectivity index (χ4n) is 2.12. The maximum absolute atomic E-state index is 11.0. The van der Waals surface area contributed by atoms with Gasteiger partial charge in [0.15, 0.2) is 0 Å². The molecule has 104 valence electrons. The summed E-state index contributed by atoms with van der Waals surface area (Å²) >= 11 is 0. The second kappa shape index (κ2) is 5.63. The van der Waals surface area contributed by atoms with Crippen molar-refractivity contribution in [3.63, 3.8) is 0 Å². The maximum Gasteiger partial charge on any atom is 0.308 e. The number of rotatable bonds is 4. The number of carbonyl (C=O) groups is 1. The SMILES string of the molecule is COCCn1c(N)c(C#N)c2cc(OC(C)=O)ccc21. The zero-order chi connectivity index (χ0) is 14.7. The zero-order valence-electron chi connectivity index (χ0n) is 11.3. The molecule has 1 heterocycles. The molecule has 0 atom stereocenters. The average molecular weight is 273 g/mol. The molecule has 2 aromatic rings. The molecule has 0 aliphatic carbocycles. The number of benzene rings is 1. The molecule has 6 heteroatoms. The summed E-state index contributed by atoms with van der Waals surface area (Å²) in [6.07, 6.45) is 0. The molecule has 0 saturated heterocycles. The molecule has 2 N–H and O–H groups in total. The second-order valence-electron chi connectivity index (χ2n) is 4.29. The lowest BCUT2D eigenvalue weighted by molar-refractivity contribution is -0.131. The van der Waals surface area contributed by atoms with Crippen molar-refractivity contribution >= 4 is 22.7 Å². The summed E-state index contributed by atoms with van der Waals surface area (Å²) in [5, 5.41) is 9.91. The molecule has 0 saturated carbocycles. The summed E-state index contributed by atoms with van der Waals surface area (Å²) in [5.74, 6) is 0.375. The quantitative estimate of drug-likeness (QED) is 0.676. The highest BCUT2D eigenvalue weighted by Gasteiger charge is 2.15. The lowest BCUT2D eigenvalue weighted by Crippen LogP contribution is -2.07. The third-order valence-electron chi connectivity index (χ3n) is 2.97. The van der Waals surface area contributed by atoms with Crippen LogP contribution in [0.5, 0.6) is 5.75 Å². The Morgan fingerprint density at radius 3 is 2.85 bits per heavy atom. The van der Waals surface area contributed by atoms with Gasteiger partial charge in [0.25, 0.3) is 0 Å². The maximum atomic E-state index is 11.0. The summed E-state index contributed by atoms with van der Waals surface area (Å²) < 4.78 is 11.9. The zero-order valence-corrected chi connectivity index (χ0v) is 11.3. The third-order valence-corrected chi connectivity index (χ3v) is 2.97. The number of nitriles is 1. The van der Waals surface area contributed by atoms with Crippen LogP contribution in [0.25, 0.3) is 10.9 Å². The van der Waals surface area contributed by atoms with Crippen LogP contribution in [-0.4, -0.2) is 24.3 Å². The van der Waals surface area contributed by atoms with Crippen molar-refractivity contribution in [1.82, 2.24) is 4.57 Å². The molecule has 0 bridgehead atoms. The number of hydrogen-bond donors (Lipinski definition) is 1. The Hall–Kier alpha value is -2.52. The van der Waals surface area contributed by atoms with Gasteiger partial charge < -0.3 is 19.8 Å². The molecule has 20 heavy (non-hydrogen) atoms. The molecule has 1 aromatic heterocycles. The summed E-state index contributed by atoms with van der Waals surface area (Å²) in [6.45, 7) is 2.37. The van der Waals surface area contributed by atoms with Crippen molar-refractivity contribution in [2.24, 2.45) is 0 Å². The minimum atomic E-state index is -0.408. The smallest absolute Gasteiger partial charge is 0.308 e. The minimum absolute atomic E-state index is 0.380. The van der Waals surface area contributed by atoms with Gasteiger partial charge in [-0.25, -0.2) is 0 Å². The second-order valence-corrected chi connectivity index (χ2v) is 4.29. The fourth-order valence-corrected chi connectivity index (χ4v) is 2.12. The molecule has 1 aromatic carbocycles. The van der Waals surface area contributed by atoms with E-state index in [4.69, 9.17) is 15.2 Å². The van der Waals surface area contributed by atoms with E-state index in [0.717, 1.165) is 5.52 Å². The van der Waals surface area contributed by atoms with Crippen molar-refractivity contribution in [1.29, 1.82) is 5.26 Å². The number of nitrogens with two attached hydrogens (primary N) is 1. The number of nitrogen functional groups attached to an aromatic ring is 1. The number of nitrogens with zero attached hydrogens (tertiary/aromatic N) is 2.